The normalized spacial score (nSPS) is 11.2. The van der Waals surface area contributed by atoms with Gasteiger partial charge in [0.25, 0.3) is 0 Å². The number of benzene rings is 2. The average molecular weight is 385 g/mol. The molecule has 0 radical (unpaired) electrons. The Kier molecular flexibility index (Phi) is 7.91. The molecule has 28 heavy (non-hydrogen) atoms. The van der Waals surface area contributed by atoms with E-state index in [2.05, 4.69) is 45.9 Å². The van der Waals surface area contributed by atoms with Gasteiger partial charge in [-0.05, 0) is 80.0 Å². The van der Waals surface area contributed by atoms with Gasteiger partial charge < -0.3 is 14.2 Å². The van der Waals surface area contributed by atoms with Crippen LogP contribution in [0.1, 0.15) is 50.7 Å². The summed E-state index contributed by atoms with van der Waals surface area (Å²) >= 11 is 0. The van der Waals surface area contributed by atoms with E-state index in [1.54, 1.807) is 31.4 Å². The molecule has 0 fully saturated rings. The second-order valence-corrected chi connectivity index (χ2v) is 8.03. The maximum absolute atomic E-state index is 12.1. The second kappa shape index (κ2) is 10.2. The minimum atomic E-state index is -0.204. The third-order valence-corrected chi connectivity index (χ3v) is 4.90. The van der Waals surface area contributed by atoms with Gasteiger partial charge in [0.2, 0.25) is 0 Å². The molecule has 0 spiro atoms. The van der Waals surface area contributed by atoms with E-state index in [4.69, 9.17) is 14.2 Å². The Balaban J connectivity index is 1.70. The first kappa shape index (κ1) is 21.8. The number of carbonyl (C=O) groups excluding carboxylic acids is 1. The monoisotopic (exact) mass is 384 g/mol. The minimum absolute atomic E-state index is 0.0595. The Bertz CT molecular complexity index is 763. The van der Waals surface area contributed by atoms with Gasteiger partial charge in [-0.15, -0.1) is 0 Å². The molecule has 0 aromatic heterocycles. The van der Waals surface area contributed by atoms with Gasteiger partial charge in [0.05, 0.1) is 13.7 Å². The summed E-state index contributed by atoms with van der Waals surface area (Å²) < 4.78 is 16.4. The summed E-state index contributed by atoms with van der Waals surface area (Å²) in [5.41, 5.74) is 2.42. The number of hydrogen-bond donors (Lipinski definition) is 0. The molecule has 152 valence electrons. The van der Waals surface area contributed by atoms with Crippen molar-refractivity contribution < 1.29 is 19.0 Å². The zero-order valence-corrected chi connectivity index (χ0v) is 17.7. The van der Waals surface area contributed by atoms with E-state index in [1.165, 1.54) is 5.56 Å². The van der Waals surface area contributed by atoms with Gasteiger partial charge in [0, 0.05) is 6.42 Å². The van der Waals surface area contributed by atoms with Crippen molar-refractivity contribution in [3.8, 4) is 17.2 Å². The molecule has 2 rings (SSSR count). The SMILES string of the molecule is COc1ccc(OC(=O)CCC(C)(C)CCCOc2cc(C)ccc2C)cc1. The molecule has 0 unspecified atom stereocenters. The number of esters is 1. The molecule has 0 aliphatic rings. The summed E-state index contributed by atoms with van der Waals surface area (Å²) in [4.78, 5) is 12.1. The smallest absolute Gasteiger partial charge is 0.311 e. The topological polar surface area (TPSA) is 44.8 Å². The standard InChI is InChI=1S/C24H32O4/c1-18-7-8-19(2)22(17-18)27-16-6-14-24(3,4)15-13-23(25)28-21-11-9-20(26-5)10-12-21/h7-12,17H,6,13-16H2,1-5H3. The maximum atomic E-state index is 12.1. The van der Waals surface area contributed by atoms with Crippen LogP contribution in [0.4, 0.5) is 0 Å². The molecule has 4 nitrogen and oxygen atoms in total. The van der Waals surface area contributed by atoms with Crippen molar-refractivity contribution in [2.24, 2.45) is 5.41 Å². The zero-order chi connectivity index (χ0) is 20.6. The molecule has 0 amide bonds. The number of methoxy groups -OCH3 is 1. The van der Waals surface area contributed by atoms with Gasteiger partial charge in [0.1, 0.15) is 17.2 Å². The number of aryl methyl sites for hydroxylation is 2. The highest BCUT2D eigenvalue weighted by Gasteiger charge is 2.20. The van der Waals surface area contributed by atoms with E-state index in [-0.39, 0.29) is 11.4 Å². The molecule has 0 saturated heterocycles. The molecule has 0 bridgehead atoms. The summed E-state index contributed by atoms with van der Waals surface area (Å²) in [5.74, 6) is 2.04. The van der Waals surface area contributed by atoms with E-state index >= 15 is 0 Å². The van der Waals surface area contributed by atoms with Gasteiger partial charge >= 0.3 is 5.97 Å². The van der Waals surface area contributed by atoms with Crippen LogP contribution in [0.15, 0.2) is 42.5 Å². The lowest BCUT2D eigenvalue weighted by Gasteiger charge is -2.24. The fraction of sp³-hybridized carbons (Fsp3) is 0.458. The van der Waals surface area contributed by atoms with Crippen LogP contribution >= 0.6 is 0 Å². The maximum Gasteiger partial charge on any atom is 0.311 e. The number of ether oxygens (including phenoxy) is 3. The fourth-order valence-electron chi connectivity index (χ4n) is 2.99. The van der Waals surface area contributed by atoms with Crippen LogP contribution in [0.2, 0.25) is 0 Å². The lowest BCUT2D eigenvalue weighted by Crippen LogP contribution is -2.17. The number of hydrogen-bond acceptors (Lipinski definition) is 4. The van der Waals surface area contributed by atoms with Crippen LogP contribution in [-0.4, -0.2) is 19.7 Å². The molecule has 0 aliphatic carbocycles. The van der Waals surface area contributed by atoms with Crippen LogP contribution < -0.4 is 14.2 Å². The molecule has 0 atom stereocenters. The van der Waals surface area contributed by atoms with Crippen molar-refractivity contribution in [3.05, 3.63) is 53.6 Å². The van der Waals surface area contributed by atoms with E-state index in [0.29, 0.717) is 18.8 Å². The second-order valence-electron chi connectivity index (χ2n) is 8.03. The third kappa shape index (κ3) is 7.26. The summed E-state index contributed by atoms with van der Waals surface area (Å²) in [6.07, 6.45) is 3.13. The zero-order valence-electron chi connectivity index (χ0n) is 17.7. The molecular weight excluding hydrogens is 352 g/mol. The minimum Gasteiger partial charge on any atom is -0.497 e. The number of carbonyl (C=O) groups is 1. The first-order valence-electron chi connectivity index (χ1n) is 9.84. The van der Waals surface area contributed by atoms with Gasteiger partial charge in [0.15, 0.2) is 0 Å². The lowest BCUT2D eigenvalue weighted by atomic mass is 9.83. The third-order valence-electron chi connectivity index (χ3n) is 4.90. The van der Waals surface area contributed by atoms with Crippen LogP contribution in [0.3, 0.4) is 0 Å². The highest BCUT2D eigenvalue weighted by Crippen LogP contribution is 2.29. The van der Waals surface area contributed by atoms with Crippen molar-refractivity contribution in [1.82, 2.24) is 0 Å². The van der Waals surface area contributed by atoms with Crippen LogP contribution in [0, 0.1) is 19.3 Å². The van der Waals surface area contributed by atoms with Crippen molar-refractivity contribution in [3.63, 3.8) is 0 Å². The van der Waals surface area contributed by atoms with Crippen LogP contribution in [-0.2, 0) is 4.79 Å². The Morgan fingerprint density at radius 1 is 0.964 bits per heavy atom. The van der Waals surface area contributed by atoms with Crippen molar-refractivity contribution in [2.75, 3.05) is 13.7 Å². The highest BCUT2D eigenvalue weighted by atomic mass is 16.5. The molecular formula is C24H32O4. The summed E-state index contributed by atoms with van der Waals surface area (Å²) in [6.45, 7) is 9.19. The first-order valence-corrected chi connectivity index (χ1v) is 9.84. The highest BCUT2D eigenvalue weighted by molar-refractivity contribution is 5.72. The average Bonchev–Trinajstić information content (AvgIpc) is 2.67. The van der Waals surface area contributed by atoms with E-state index < -0.39 is 0 Å². The van der Waals surface area contributed by atoms with Crippen molar-refractivity contribution >= 4 is 5.97 Å². The molecule has 0 aliphatic heterocycles. The fourth-order valence-corrected chi connectivity index (χ4v) is 2.99. The van der Waals surface area contributed by atoms with E-state index in [0.717, 1.165) is 36.3 Å². The molecule has 0 N–H and O–H groups in total. The van der Waals surface area contributed by atoms with Gasteiger partial charge in [-0.3, -0.25) is 4.79 Å². The van der Waals surface area contributed by atoms with E-state index in [1.807, 2.05) is 0 Å². The Hall–Kier alpha value is -2.49. The molecule has 0 saturated carbocycles. The van der Waals surface area contributed by atoms with Crippen LogP contribution in [0.25, 0.3) is 0 Å². The summed E-state index contributed by atoms with van der Waals surface area (Å²) in [5, 5.41) is 0. The Morgan fingerprint density at radius 2 is 1.64 bits per heavy atom. The predicted molar refractivity (Wildman–Crippen MR) is 112 cm³/mol. The first-order chi connectivity index (χ1) is 13.3. The molecule has 0 heterocycles. The Labute approximate surface area is 168 Å². The Morgan fingerprint density at radius 3 is 2.32 bits per heavy atom. The van der Waals surface area contributed by atoms with Crippen molar-refractivity contribution in [2.45, 2.75) is 53.4 Å². The van der Waals surface area contributed by atoms with Gasteiger partial charge in [-0.2, -0.15) is 0 Å². The van der Waals surface area contributed by atoms with Gasteiger partial charge in [-0.25, -0.2) is 0 Å². The quantitative estimate of drug-likeness (QED) is 0.291. The predicted octanol–water partition coefficient (Wildman–Crippen LogP) is 5.88. The molecule has 2 aromatic carbocycles. The van der Waals surface area contributed by atoms with E-state index in [9.17, 15) is 4.79 Å². The largest absolute Gasteiger partial charge is 0.497 e. The van der Waals surface area contributed by atoms with Crippen molar-refractivity contribution in [1.29, 1.82) is 0 Å². The number of rotatable bonds is 10. The lowest BCUT2D eigenvalue weighted by molar-refractivity contribution is -0.135. The van der Waals surface area contributed by atoms with Crippen LogP contribution in [0.5, 0.6) is 17.2 Å². The summed E-state index contributed by atoms with van der Waals surface area (Å²) in [6, 6.07) is 13.3. The summed E-state index contributed by atoms with van der Waals surface area (Å²) in [7, 11) is 1.61. The molecule has 2 aromatic rings. The van der Waals surface area contributed by atoms with Gasteiger partial charge in [-0.1, -0.05) is 26.0 Å². The molecule has 4 heteroatoms.